The molecule has 136 valence electrons. The summed E-state index contributed by atoms with van der Waals surface area (Å²) in [5, 5.41) is 12.0. The minimum atomic E-state index is -0.859. The third-order valence-electron chi connectivity index (χ3n) is 4.96. The van der Waals surface area contributed by atoms with Crippen molar-refractivity contribution in [1.29, 1.82) is 5.41 Å². The average Bonchev–Trinajstić information content (AvgIpc) is 2.66. The Morgan fingerprint density at radius 3 is 2.73 bits per heavy atom. The Morgan fingerprint density at radius 2 is 2.08 bits per heavy atom. The number of rotatable bonds is 5. The van der Waals surface area contributed by atoms with E-state index in [1.165, 1.54) is 0 Å². The van der Waals surface area contributed by atoms with E-state index in [-0.39, 0.29) is 5.91 Å². The number of aromatic nitrogens is 1. The first kappa shape index (κ1) is 18.5. The van der Waals surface area contributed by atoms with Crippen molar-refractivity contribution in [1.82, 2.24) is 15.2 Å². The Hall–Kier alpha value is -2.24. The molecule has 3 rings (SSSR count). The fourth-order valence-electron chi connectivity index (χ4n) is 3.59. The minimum absolute atomic E-state index is 0.104. The van der Waals surface area contributed by atoms with Crippen LogP contribution in [-0.4, -0.2) is 41.6 Å². The number of halogens is 1. The maximum Gasteiger partial charge on any atom is 0.233 e. The van der Waals surface area contributed by atoms with Crippen LogP contribution in [0.25, 0.3) is 0 Å². The van der Waals surface area contributed by atoms with Gasteiger partial charge < -0.3 is 10.7 Å². The molecule has 1 saturated heterocycles. The van der Waals surface area contributed by atoms with Crippen LogP contribution in [-0.2, 0) is 17.8 Å². The molecular weight excluding hydrogens is 348 g/mol. The Bertz CT molecular complexity index is 768. The summed E-state index contributed by atoms with van der Waals surface area (Å²) in [6, 6.07) is 11.6. The molecule has 1 aliphatic heterocycles. The zero-order valence-electron chi connectivity index (χ0n) is 14.8. The SMILES string of the molecule is CNC(=O)C1(Cc2cccnc2)CN(Cc2ccc(Cl)cc2)CCC1=N. The number of hydrogen-bond acceptors (Lipinski definition) is 4. The molecule has 0 spiro atoms. The van der Waals surface area contributed by atoms with E-state index in [1.807, 2.05) is 36.4 Å². The lowest BCUT2D eigenvalue weighted by Gasteiger charge is -2.42. The molecule has 0 radical (unpaired) electrons. The zero-order valence-corrected chi connectivity index (χ0v) is 15.6. The van der Waals surface area contributed by atoms with E-state index in [2.05, 4.69) is 15.2 Å². The van der Waals surface area contributed by atoms with Crippen molar-refractivity contribution in [2.75, 3.05) is 20.1 Å². The number of carbonyl (C=O) groups excluding carboxylic acids is 1. The average molecular weight is 371 g/mol. The summed E-state index contributed by atoms with van der Waals surface area (Å²) in [6.07, 6.45) is 4.56. The molecule has 0 aliphatic carbocycles. The van der Waals surface area contributed by atoms with Crippen molar-refractivity contribution in [2.24, 2.45) is 5.41 Å². The van der Waals surface area contributed by atoms with Crippen molar-refractivity contribution >= 4 is 23.2 Å². The van der Waals surface area contributed by atoms with Gasteiger partial charge in [-0.1, -0.05) is 29.8 Å². The van der Waals surface area contributed by atoms with Gasteiger partial charge in [0.15, 0.2) is 0 Å². The van der Waals surface area contributed by atoms with E-state index in [1.54, 1.807) is 19.4 Å². The Labute approximate surface area is 158 Å². The maximum atomic E-state index is 12.8. The largest absolute Gasteiger partial charge is 0.358 e. The van der Waals surface area contributed by atoms with Gasteiger partial charge in [0.25, 0.3) is 0 Å². The second-order valence-electron chi connectivity index (χ2n) is 6.76. The summed E-state index contributed by atoms with van der Waals surface area (Å²) >= 11 is 5.97. The van der Waals surface area contributed by atoms with Gasteiger partial charge in [0.2, 0.25) is 5.91 Å². The number of hydrogen-bond donors (Lipinski definition) is 2. The molecule has 1 atom stereocenters. The standard InChI is InChI=1S/C20H23ClN4O/c1-23-19(26)20(11-16-3-2-9-24-12-16)14-25(10-8-18(20)22)13-15-4-6-17(21)7-5-15/h2-7,9,12,22H,8,10-11,13-14H2,1H3,(H,23,26). The summed E-state index contributed by atoms with van der Waals surface area (Å²) < 4.78 is 0. The summed E-state index contributed by atoms with van der Waals surface area (Å²) in [6.45, 7) is 2.02. The molecule has 5 nitrogen and oxygen atoms in total. The van der Waals surface area contributed by atoms with Gasteiger partial charge in [-0.25, -0.2) is 0 Å². The van der Waals surface area contributed by atoms with Crippen LogP contribution in [0.3, 0.4) is 0 Å². The van der Waals surface area contributed by atoms with Crippen LogP contribution in [0.4, 0.5) is 0 Å². The summed E-state index contributed by atoms with van der Waals surface area (Å²) in [7, 11) is 1.64. The molecule has 1 unspecified atom stereocenters. The highest BCUT2D eigenvalue weighted by Crippen LogP contribution is 2.32. The first-order valence-electron chi connectivity index (χ1n) is 8.69. The maximum absolute atomic E-state index is 12.8. The molecular formula is C20H23ClN4O. The van der Waals surface area contributed by atoms with Gasteiger partial charge in [-0.15, -0.1) is 0 Å². The lowest BCUT2D eigenvalue weighted by atomic mass is 9.72. The fraction of sp³-hybridized carbons (Fsp3) is 0.350. The van der Waals surface area contributed by atoms with Crippen molar-refractivity contribution in [2.45, 2.75) is 19.4 Å². The summed E-state index contributed by atoms with van der Waals surface area (Å²) in [5.74, 6) is -0.104. The predicted octanol–water partition coefficient (Wildman–Crippen LogP) is 2.94. The van der Waals surface area contributed by atoms with Crippen LogP contribution in [0.2, 0.25) is 5.02 Å². The quantitative estimate of drug-likeness (QED) is 0.850. The molecule has 1 aromatic heterocycles. The smallest absolute Gasteiger partial charge is 0.233 e. The van der Waals surface area contributed by atoms with Gasteiger partial charge >= 0.3 is 0 Å². The number of nitrogens with one attached hydrogen (secondary N) is 2. The number of pyridine rings is 1. The van der Waals surface area contributed by atoms with Gasteiger partial charge in [0.05, 0.1) is 0 Å². The first-order valence-corrected chi connectivity index (χ1v) is 9.07. The zero-order chi connectivity index (χ0) is 18.6. The van der Waals surface area contributed by atoms with E-state index in [0.717, 1.165) is 24.2 Å². The van der Waals surface area contributed by atoms with Crippen molar-refractivity contribution in [3.63, 3.8) is 0 Å². The van der Waals surface area contributed by atoms with E-state index < -0.39 is 5.41 Å². The highest BCUT2D eigenvalue weighted by atomic mass is 35.5. The number of likely N-dealkylation sites (tertiary alicyclic amines) is 1. The first-order chi connectivity index (χ1) is 12.5. The van der Waals surface area contributed by atoms with E-state index >= 15 is 0 Å². The number of carbonyl (C=O) groups is 1. The molecule has 26 heavy (non-hydrogen) atoms. The summed E-state index contributed by atoms with van der Waals surface area (Å²) in [5.41, 5.74) is 1.75. The van der Waals surface area contributed by atoms with Crippen LogP contribution in [0.5, 0.6) is 0 Å². The van der Waals surface area contributed by atoms with Crippen molar-refractivity contribution in [3.05, 3.63) is 64.9 Å². The normalized spacial score (nSPS) is 20.8. The van der Waals surface area contributed by atoms with Gasteiger partial charge in [0.1, 0.15) is 5.41 Å². The lowest BCUT2D eigenvalue weighted by Crippen LogP contribution is -2.57. The third-order valence-corrected chi connectivity index (χ3v) is 5.21. The molecule has 0 saturated carbocycles. The molecule has 1 aliphatic rings. The van der Waals surface area contributed by atoms with Crippen molar-refractivity contribution < 1.29 is 4.79 Å². The van der Waals surface area contributed by atoms with Gasteiger partial charge in [-0.2, -0.15) is 0 Å². The summed E-state index contributed by atoms with van der Waals surface area (Å²) in [4.78, 5) is 19.2. The molecule has 2 N–H and O–H groups in total. The van der Waals surface area contributed by atoms with Crippen LogP contribution in [0.1, 0.15) is 17.5 Å². The Balaban J connectivity index is 1.85. The highest BCUT2D eigenvalue weighted by Gasteiger charge is 2.46. The topological polar surface area (TPSA) is 69.1 Å². The second kappa shape index (κ2) is 7.98. The van der Waals surface area contributed by atoms with Crippen LogP contribution >= 0.6 is 11.6 Å². The van der Waals surface area contributed by atoms with Gasteiger partial charge in [-0.05, 0) is 42.2 Å². The van der Waals surface area contributed by atoms with E-state index in [9.17, 15) is 4.79 Å². The predicted molar refractivity (Wildman–Crippen MR) is 104 cm³/mol. The monoisotopic (exact) mass is 370 g/mol. The number of piperidine rings is 1. The Kier molecular flexibility index (Phi) is 5.69. The molecule has 0 bridgehead atoms. The fourth-order valence-corrected chi connectivity index (χ4v) is 3.72. The molecule has 2 heterocycles. The Morgan fingerprint density at radius 1 is 1.31 bits per heavy atom. The van der Waals surface area contributed by atoms with E-state index in [0.29, 0.717) is 30.1 Å². The third kappa shape index (κ3) is 3.94. The molecule has 2 aromatic rings. The number of nitrogens with zero attached hydrogens (tertiary/aromatic N) is 2. The van der Waals surface area contributed by atoms with Gasteiger partial charge in [0, 0.05) is 49.8 Å². The van der Waals surface area contributed by atoms with Gasteiger partial charge in [-0.3, -0.25) is 14.7 Å². The molecule has 1 amide bonds. The molecule has 1 fully saturated rings. The lowest BCUT2D eigenvalue weighted by molar-refractivity contribution is -0.128. The van der Waals surface area contributed by atoms with Crippen LogP contribution < -0.4 is 5.32 Å². The minimum Gasteiger partial charge on any atom is -0.358 e. The number of amides is 1. The van der Waals surface area contributed by atoms with Crippen LogP contribution in [0, 0.1) is 10.8 Å². The number of benzene rings is 1. The van der Waals surface area contributed by atoms with E-state index in [4.69, 9.17) is 17.0 Å². The van der Waals surface area contributed by atoms with Crippen molar-refractivity contribution in [3.8, 4) is 0 Å². The molecule has 1 aromatic carbocycles. The van der Waals surface area contributed by atoms with Crippen LogP contribution in [0.15, 0.2) is 48.8 Å². The highest BCUT2D eigenvalue weighted by molar-refractivity contribution is 6.30. The second-order valence-corrected chi connectivity index (χ2v) is 7.20. The molecule has 6 heteroatoms.